The second-order valence-electron chi connectivity index (χ2n) is 3.40. The molecular weight excluding hydrogens is 235 g/mol. The first-order valence-corrected chi connectivity index (χ1v) is 5.14. The zero-order valence-corrected chi connectivity index (χ0v) is 9.75. The van der Waals surface area contributed by atoms with Crippen molar-refractivity contribution in [2.24, 2.45) is 0 Å². The fraction of sp³-hybridized carbons (Fsp3) is 0.364. The SMILES string of the molecule is CC(C)OC(=O)COc1ccc(F)cc1Cl. The number of benzene rings is 1. The van der Waals surface area contributed by atoms with E-state index in [0.717, 1.165) is 6.07 Å². The lowest BCUT2D eigenvalue weighted by atomic mass is 10.3. The van der Waals surface area contributed by atoms with Gasteiger partial charge >= 0.3 is 5.97 Å². The van der Waals surface area contributed by atoms with Gasteiger partial charge in [-0.25, -0.2) is 9.18 Å². The van der Waals surface area contributed by atoms with Crippen molar-refractivity contribution in [3.8, 4) is 5.75 Å². The highest BCUT2D eigenvalue weighted by molar-refractivity contribution is 6.32. The molecule has 0 aliphatic carbocycles. The summed E-state index contributed by atoms with van der Waals surface area (Å²) in [6.45, 7) is 3.23. The molecule has 1 rings (SSSR count). The van der Waals surface area contributed by atoms with Gasteiger partial charge in [0.15, 0.2) is 6.61 Å². The maximum absolute atomic E-state index is 12.7. The smallest absolute Gasteiger partial charge is 0.344 e. The number of hydrogen-bond acceptors (Lipinski definition) is 3. The van der Waals surface area contributed by atoms with Gasteiger partial charge in [-0.15, -0.1) is 0 Å². The van der Waals surface area contributed by atoms with Crippen molar-refractivity contribution < 1.29 is 18.7 Å². The van der Waals surface area contributed by atoms with Gasteiger partial charge in [-0.05, 0) is 32.0 Å². The van der Waals surface area contributed by atoms with Crippen LogP contribution in [0.25, 0.3) is 0 Å². The Labute approximate surface area is 98.1 Å². The molecule has 0 bridgehead atoms. The summed E-state index contributed by atoms with van der Waals surface area (Å²) in [5.41, 5.74) is 0. The van der Waals surface area contributed by atoms with Gasteiger partial charge in [-0.1, -0.05) is 11.6 Å². The largest absolute Gasteiger partial charge is 0.480 e. The number of ether oxygens (including phenoxy) is 2. The van der Waals surface area contributed by atoms with E-state index in [1.165, 1.54) is 12.1 Å². The first kappa shape index (κ1) is 12.8. The fourth-order valence-corrected chi connectivity index (χ4v) is 1.25. The zero-order chi connectivity index (χ0) is 12.1. The lowest BCUT2D eigenvalue weighted by molar-refractivity contribution is -0.149. The van der Waals surface area contributed by atoms with E-state index in [4.69, 9.17) is 21.1 Å². The van der Waals surface area contributed by atoms with E-state index in [-0.39, 0.29) is 23.5 Å². The summed E-state index contributed by atoms with van der Waals surface area (Å²) < 4.78 is 22.6. The first-order valence-electron chi connectivity index (χ1n) is 4.76. The fourth-order valence-electron chi connectivity index (χ4n) is 1.03. The van der Waals surface area contributed by atoms with Crippen LogP contribution in [0.5, 0.6) is 5.75 Å². The zero-order valence-electron chi connectivity index (χ0n) is 9.00. The Hall–Kier alpha value is -1.29. The molecule has 0 aliphatic heterocycles. The van der Waals surface area contributed by atoms with Crippen LogP contribution in [-0.4, -0.2) is 18.7 Å². The molecule has 1 aromatic rings. The van der Waals surface area contributed by atoms with Crippen molar-refractivity contribution in [1.82, 2.24) is 0 Å². The molecule has 0 spiro atoms. The molecule has 0 radical (unpaired) electrons. The molecule has 88 valence electrons. The van der Waals surface area contributed by atoms with Crippen LogP contribution in [0.15, 0.2) is 18.2 Å². The van der Waals surface area contributed by atoms with E-state index < -0.39 is 11.8 Å². The average molecular weight is 247 g/mol. The highest BCUT2D eigenvalue weighted by Crippen LogP contribution is 2.24. The van der Waals surface area contributed by atoms with Crippen LogP contribution >= 0.6 is 11.6 Å². The predicted molar refractivity (Wildman–Crippen MR) is 58.1 cm³/mol. The molecule has 3 nitrogen and oxygen atoms in total. The van der Waals surface area contributed by atoms with Crippen molar-refractivity contribution >= 4 is 17.6 Å². The molecule has 0 saturated carbocycles. The molecular formula is C11H12ClFO3. The Morgan fingerprint density at radius 2 is 2.19 bits per heavy atom. The second kappa shape index (κ2) is 5.70. The quantitative estimate of drug-likeness (QED) is 0.767. The van der Waals surface area contributed by atoms with Crippen LogP contribution < -0.4 is 4.74 Å². The maximum Gasteiger partial charge on any atom is 0.344 e. The molecule has 0 N–H and O–H groups in total. The van der Waals surface area contributed by atoms with Crippen molar-refractivity contribution in [3.63, 3.8) is 0 Å². The summed E-state index contributed by atoms with van der Waals surface area (Å²) in [7, 11) is 0. The Morgan fingerprint density at radius 1 is 1.50 bits per heavy atom. The van der Waals surface area contributed by atoms with E-state index in [1.54, 1.807) is 13.8 Å². The van der Waals surface area contributed by atoms with E-state index in [0.29, 0.717) is 0 Å². The summed E-state index contributed by atoms with van der Waals surface area (Å²) in [5.74, 6) is -0.693. The van der Waals surface area contributed by atoms with Gasteiger partial charge in [-0.2, -0.15) is 0 Å². The van der Waals surface area contributed by atoms with Crippen LogP contribution in [-0.2, 0) is 9.53 Å². The molecule has 0 amide bonds. The maximum atomic E-state index is 12.7. The standard InChI is InChI=1S/C11H12ClFO3/c1-7(2)16-11(14)6-15-10-4-3-8(13)5-9(10)12/h3-5,7H,6H2,1-2H3. The molecule has 5 heteroatoms. The minimum absolute atomic E-state index is 0.123. The van der Waals surface area contributed by atoms with E-state index in [2.05, 4.69) is 0 Å². The average Bonchev–Trinajstić information content (AvgIpc) is 2.15. The lowest BCUT2D eigenvalue weighted by Crippen LogP contribution is -2.18. The summed E-state index contributed by atoms with van der Waals surface area (Å²) in [6, 6.07) is 3.68. The normalized spacial score (nSPS) is 10.3. The number of rotatable bonds is 4. The third kappa shape index (κ3) is 4.06. The molecule has 0 fully saturated rings. The predicted octanol–water partition coefficient (Wildman–Crippen LogP) is 2.81. The second-order valence-corrected chi connectivity index (χ2v) is 3.81. The van der Waals surface area contributed by atoms with Crippen molar-refractivity contribution in [1.29, 1.82) is 0 Å². The van der Waals surface area contributed by atoms with E-state index in [1.807, 2.05) is 0 Å². The van der Waals surface area contributed by atoms with Crippen molar-refractivity contribution in [2.45, 2.75) is 20.0 Å². The van der Waals surface area contributed by atoms with Crippen LogP contribution in [0.4, 0.5) is 4.39 Å². The first-order chi connectivity index (χ1) is 7.49. The minimum atomic E-state index is -0.490. The van der Waals surface area contributed by atoms with Gasteiger partial charge in [0.05, 0.1) is 11.1 Å². The van der Waals surface area contributed by atoms with Crippen LogP contribution in [0.2, 0.25) is 5.02 Å². The summed E-state index contributed by atoms with van der Waals surface area (Å²) >= 11 is 5.70. The van der Waals surface area contributed by atoms with Crippen LogP contribution in [0, 0.1) is 5.82 Å². The number of carbonyl (C=O) groups excluding carboxylic acids is 1. The van der Waals surface area contributed by atoms with E-state index >= 15 is 0 Å². The van der Waals surface area contributed by atoms with Crippen LogP contribution in [0.1, 0.15) is 13.8 Å². The summed E-state index contributed by atoms with van der Waals surface area (Å²) in [5, 5.41) is 0.123. The molecule has 0 atom stereocenters. The third-order valence-corrected chi connectivity index (χ3v) is 1.90. The summed E-state index contributed by atoms with van der Waals surface area (Å²) in [6.07, 6.45) is -0.195. The highest BCUT2D eigenvalue weighted by Gasteiger charge is 2.08. The third-order valence-electron chi connectivity index (χ3n) is 1.61. The van der Waals surface area contributed by atoms with Gasteiger partial charge in [0.2, 0.25) is 0 Å². The minimum Gasteiger partial charge on any atom is -0.480 e. The molecule has 16 heavy (non-hydrogen) atoms. The Kier molecular flexibility index (Phi) is 4.55. The van der Waals surface area contributed by atoms with Gasteiger partial charge in [0.1, 0.15) is 11.6 Å². The van der Waals surface area contributed by atoms with Gasteiger partial charge in [0, 0.05) is 0 Å². The molecule has 0 aliphatic rings. The Morgan fingerprint density at radius 3 is 2.75 bits per heavy atom. The molecule has 0 unspecified atom stereocenters. The van der Waals surface area contributed by atoms with Gasteiger partial charge in [0.25, 0.3) is 0 Å². The van der Waals surface area contributed by atoms with Crippen molar-refractivity contribution in [3.05, 3.63) is 29.0 Å². The highest BCUT2D eigenvalue weighted by atomic mass is 35.5. The molecule has 0 aromatic heterocycles. The number of esters is 1. The van der Waals surface area contributed by atoms with E-state index in [9.17, 15) is 9.18 Å². The number of halogens is 2. The number of carbonyl (C=O) groups is 1. The monoisotopic (exact) mass is 246 g/mol. The Bertz CT molecular complexity index is 379. The molecule has 0 saturated heterocycles. The topological polar surface area (TPSA) is 35.5 Å². The molecule has 1 aromatic carbocycles. The Balaban J connectivity index is 2.51. The van der Waals surface area contributed by atoms with Gasteiger partial charge in [-0.3, -0.25) is 0 Å². The summed E-state index contributed by atoms with van der Waals surface area (Å²) in [4.78, 5) is 11.1. The van der Waals surface area contributed by atoms with Crippen molar-refractivity contribution in [2.75, 3.05) is 6.61 Å². The van der Waals surface area contributed by atoms with Crippen LogP contribution in [0.3, 0.4) is 0 Å². The molecule has 0 heterocycles. The lowest BCUT2D eigenvalue weighted by Gasteiger charge is -2.10. The number of hydrogen-bond donors (Lipinski definition) is 0. The van der Waals surface area contributed by atoms with Gasteiger partial charge < -0.3 is 9.47 Å².